The third-order valence-corrected chi connectivity index (χ3v) is 1.11. The molecule has 1 aliphatic heterocycles. The van der Waals surface area contributed by atoms with Crippen molar-refractivity contribution >= 4 is 11.9 Å². The molecule has 0 aromatic rings. The zero-order valence-corrected chi connectivity index (χ0v) is 4.76. The molecule has 0 unspecified atom stereocenters. The Morgan fingerprint density at radius 1 is 1.78 bits per heavy atom. The summed E-state index contributed by atoms with van der Waals surface area (Å²) in [5.74, 6) is -0.159. The number of nitrogens with two attached hydrogens (primary N) is 1. The van der Waals surface area contributed by atoms with Crippen LogP contribution in [0, 0.1) is 0 Å². The molecule has 3 N–H and O–H groups in total. The van der Waals surface area contributed by atoms with Gasteiger partial charge in [-0.3, -0.25) is 9.69 Å². The summed E-state index contributed by atoms with van der Waals surface area (Å²) in [6, 6.07) is -0.562. The molecule has 1 saturated heterocycles. The Kier molecular flexibility index (Phi) is 1.26. The van der Waals surface area contributed by atoms with Crippen LogP contribution < -0.4 is 11.1 Å². The van der Waals surface area contributed by atoms with Crippen LogP contribution in [0.25, 0.3) is 0 Å². The van der Waals surface area contributed by atoms with E-state index in [4.69, 9.17) is 5.73 Å². The van der Waals surface area contributed by atoms with Gasteiger partial charge in [0.25, 0.3) is 0 Å². The molecule has 9 heavy (non-hydrogen) atoms. The van der Waals surface area contributed by atoms with Gasteiger partial charge in [0.2, 0.25) is 5.91 Å². The number of amides is 3. The van der Waals surface area contributed by atoms with Crippen LogP contribution in [0.3, 0.4) is 0 Å². The van der Waals surface area contributed by atoms with Crippen molar-refractivity contribution in [3.05, 3.63) is 0 Å². The average Bonchev–Trinajstić information content (AvgIpc) is 2.14. The second kappa shape index (κ2) is 1.93. The molecule has 0 atom stereocenters. The highest BCUT2D eigenvalue weighted by Gasteiger charge is 2.20. The largest absolute Gasteiger partial charge is 0.351 e. The van der Waals surface area contributed by atoms with E-state index in [-0.39, 0.29) is 19.1 Å². The lowest BCUT2D eigenvalue weighted by atomic mass is 10.6. The Hall–Kier alpha value is -1.26. The second-order valence-corrected chi connectivity index (χ2v) is 1.79. The van der Waals surface area contributed by atoms with E-state index in [1.807, 2.05) is 0 Å². The van der Waals surface area contributed by atoms with Gasteiger partial charge in [0.05, 0.1) is 6.67 Å². The summed E-state index contributed by atoms with van der Waals surface area (Å²) < 4.78 is 0. The number of primary amides is 1. The van der Waals surface area contributed by atoms with Crippen LogP contribution >= 0.6 is 0 Å². The zero-order valence-electron chi connectivity index (χ0n) is 4.76. The van der Waals surface area contributed by atoms with Crippen molar-refractivity contribution in [2.75, 3.05) is 13.2 Å². The van der Waals surface area contributed by atoms with Crippen LogP contribution in [0.2, 0.25) is 0 Å². The first-order chi connectivity index (χ1) is 4.20. The summed E-state index contributed by atoms with van der Waals surface area (Å²) in [5.41, 5.74) is 4.85. The Balaban J connectivity index is 2.48. The molecule has 0 spiro atoms. The zero-order chi connectivity index (χ0) is 6.85. The number of hydrogen-bond donors (Lipinski definition) is 2. The maximum atomic E-state index is 10.4. The van der Waals surface area contributed by atoms with Crippen LogP contribution in [0.5, 0.6) is 0 Å². The SMILES string of the molecule is NC(=O)N1CNC(=O)C1. The fourth-order valence-corrected chi connectivity index (χ4v) is 0.625. The first kappa shape index (κ1) is 5.87. The van der Waals surface area contributed by atoms with E-state index in [9.17, 15) is 9.59 Å². The molecule has 1 fully saturated rings. The van der Waals surface area contributed by atoms with Crippen LogP contribution in [-0.4, -0.2) is 30.1 Å². The molecular formula is C4H7N3O2. The van der Waals surface area contributed by atoms with E-state index in [0.29, 0.717) is 0 Å². The van der Waals surface area contributed by atoms with Crippen molar-refractivity contribution in [1.29, 1.82) is 0 Å². The molecule has 5 nitrogen and oxygen atoms in total. The summed E-state index contributed by atoms with van der Waals surface area (Å²) in [6.07, 6.45) is 0. The van der Waals surface area contributed by atoms with Crippen molar-refractivity contribution in [3.8, 4) is 0 Å². The molecule has 0 aliphatic carbocycles. The second-order valence-electron chi connectivity index (χ2n) is 1.79. The number of carbonyl (C=O) groups excluding carboxylic acids is 2. The van der Waals surface area contributed by atoms with E-state index in [1.165, 1.54) is 4.90 Å². The van der Waals surface area contributed by atoms with Crippen molar-refractivity contribution in [2.45, 2.75) is 0 Å². The first-order valence-corrected chi connectivity index (χ1v) is 2.51. The van der Waals surface area contributed by atoms with Crippen molar-refractivity contribution in [1.82, 2.24) is 10.2 Å². The molecule has 50 valence electrons. The Bertz CT molecular complexity index is 156. The molecule has 0 radical (unpaired) electrons. The van der Waals surface area contributed by atoms with Crippen molar-refractivity contribution < 1.29 is 9.59 Å². The topological polar surface area (TPSA) is 75.4 Å². The normalized spacial score (nSPS) is 17.8. The van der Waals surface area contributed by atoms with Gasteiger partial charge in [0.15, 0.2) is 0 Å². The van der Waals surface area contributed by atoms with Gasteiger partial charge in [-0.05, 0) is 0 Å². The number of urea groups is 1. The van der Waals surface area contributed by atoms with E-state index in [0.717, 1.165) is 0 Å². The van der Waals surface area contributed by atoms with Gasteiger partial charge >= 0.3 is 6.03 Å². The summed E-state index contributed by atoms with van der Waals surface area (Å²) in [4.78, 5) is 21.9. The van der Waals surface area contributed by atoms with Crippen LogP contribution in [0.1, 0.15) is 0 Å². The molecule has 0 aromatic carbocycles. The van der Waals surface area contributed by atoms with Crippen molar-refractivity contribution in [2.24, 2.45) is 5.73 Å². The lowest BCUT2D eigenvalue weighted by Gasteiger charge is -2.06. The average molecular weight is 129 g/mol. The highest BCUT2D eigenvalue weighted by molar-refractivity contribution is 5.86. The predicted molar refractivity (Wildman–Crippen MR) is 29.3 cm³/mol. The highest BCUT2D eigenvalue weighted by Crippen LogP contribution is 1.91. The summed E-state index contributed by atoms with van der Waals surface area (Å²) in [5, 5.41) is 2.44. The Morgan fingerprint density at radius 3 is 2.67 bits per heavy atom. The molecular weight excluding hydrogens is 122 g/mol. The third-order valence-electron chi connectivity index (χ3n) is 1.11. The van der Waals surface area contributed by atoms with E-state index >= 15 is 0 Å². The number of carbonyl (C=O) groups is 2. The van der Waals surface area contributed by atoms with Gasteiger partial charge in [0.1, 0.15) is 6.54 Å². The van der Waals surface area contributed by atoms with Crippen LogP contribution in [0.4, 0.5) is 4.79 Å². The third kappa shape index (κ3) is 1.10. The van der Waals surface area contributed by atoms with Gasteiger partial charge < -0.3 is 11.1 Å². The molecule has 1 rings (SSSR count). The minimum atomic E-state index is -0.562. The highest BCUT2D eigenvalue weighted by atomic mass is 16.2. The van der Waals surface area contributed by atoms with Crippen LogP contribution in [-0.2, 0) is 4.79 Å². The van der Waals surface area contributed by atoms with Gasteiger partial charge in [-0.2, -0.15) is 0 Å². The molecule has 5 heteroatoms. The van der Waals surface area contributed by atoms with Crippen LogP contribution in [0.15, 0.2) is 0 Å². The van der Waals surface area contributed by atoms with E-state index < -0.39 is 6.03 Å². The summed E-state index contributed by atoms with van der Waals surface area (Å²) in [7, 11) is 0. The fraction of sp³-hybridized carbons (Fsp3) is 0.500. The Morgan fingerprint density at radius 2 is 2.44 bits per heavy atom. The quantitative estimate of drug-likeness (QED) is 0.415. The lowest BCUT2D eigenvalue weighted by molar-refractivity contribution is -0.118. The van der Waals surface area contributed by atoms with Gasteiger partial charge in [-0.15, -0.1) is 0 Å². The maximum Gasteiger partial charge on any atom is 0.316 e. The van der Waals surface area contributed by atoms with E-state index in [1.54, 1.807) is 0 Å². The monoisotopic (exact) mass is 129 g/mol. The van der Waals surface area contributed by atoms with Gasteiger partial charge in [-0.1, -0.05) is 0 Å². The molecule has 1 heterocycles. The van der Waals surface area contributed by atoms with Crippen molar-refractivity contribution in [3.63, 3.8) is 0 Å². The van der Waals surface area contributed by atoms with Gasteiger partial charge in [0, 0.05) is 0 Å². The number of hydrogen-bond acceptors (Lipinski definition) is 2. The number of nitrogens with one attached hydrogen (secondary N) is 1. The lowest BCUT2D eigenvalue weighted by Crippen LogP contribution is -2.34. The minimum Gasteiger partial charge on any atom is -0.351 e. The molecule has 0 saturated carbocycles. The summed E-state index contributed by atoms with van der Waals surface area (Å²) >= 11 is 0. The van der Waals surface area contributed by atoms with E-state index in [2.05, 4.69) is 5.32 Å². The fourth-order valence-electron chi connectivity index (χ4n) is 0.625. The summed E-state index contributed by atoms with van der Waals surface area (Å²) in [6.45, 7) is 0.337. The standard InChI is InChI=1S/C4H7N3O2/c5-4(9)7-1-3(8)6-2-7/h1-2H2,(H2,5,9)(H,6,8). The number of nitrogens with zero attached hydrogens (tertiary/aromatic N) is 1. The van der Waals surface area contributed by atoms with Gasteiger partial charge in [-0.25, -0.2) is 4.79 Å². The smallest absolute Gasteiger partial charge is 0.316 e. The molecule has 1 aliphatic rings. The minimum absolute atomic E-state index is 0.0926. The molecule has 3 amide bonds. The Labute approximate surface area is 51.8 Å². The maximum absolute atomic E-state index is 10.4. The number of rotatable bonds is 0. The predicted octanol–water partition coefficient (Wildman–Crippen LogP) is -1.55. The first-order valence-electron chi connectivity index (χ1n) is 2.51. The molecule has 0 aromatic heterocycles. The molecule has 0 bridgehead atoms.